The first kappa shape index (κ1) is 14.4. The number of methoxy groups -OCH3 is 2. The van der Waals surface area contributed by atoms with Gasteiger partial charge in [0.25, 0.3) is 7.37 Å². The average molecular weight is 295 g/mol. The predicted molar refractivity (Wildman–Crippen MR) is 73.3 cm³/mol. The Morgan fingerprint density at radius 3 is 1.90 bits per heavy atom. The summed E-state index contributed by atoms with van der Waals surface area (Å²) in [4.78, 5) is 11.9. The lowest BCUT2D eigenvalue weighted by Gasteiger charge is -2.15. The molecule has 0 unspecified atom stereocenters. The molecule has 1 heterocycles. The highest BCUT2D eigenvalue weighted by Gasteiger charge is 2.32. The molecule has 0 aliphatic carbocycles. The van der Waals surface area contributed by atoms with Crippen molar-refractivity contribution in [3.63, 3.8) is 0 Å². The molecule has 2 rings (SSSR count). The highest BCUT2D eigenvalue weighted by molar-refractivity contribution is 7.73. The molecule has 20 heavy (non-hydrogen) atoms. The summed E-state index contributed by atoms with van der Waals surface area (Å²) in [6.45, 7) is 0. The lowest BCUT2D eigenvalue weighted by Crippen LogP contribution is -2.24. The number of hydrogen-bond acceptors (Lipinski definition) is 7. The highest BCUT2D eigenvalue weighted by atomic mass is 31.2. The van der Waals surface area contributed by atoms with Crippen LogP contribution in [0.2, 0.25) is 0 Å². The fraction of sp³-hybridized carbons (Fsp3) is 0.250. The lowest BCUT2D eigenvalue weighted by molar-refractivity contribution is 0.340. The smallest absolute Gasteiger partial charge is 0.323 e. The predicted octanol–water partition coefficient (Wildman–Crippen LogP) is 0.764. The molecule has 1 atom stereocenters. The summed E-state index contributed by atoms with van der Waals surface area (Å²) in [5.74, 6) is 0. The van der Waals surface area contributed by atoms with Crippen molar-refractivity contribution < 1.29 is 18.6 Å². The summed E-state index contributed by atoms with van der Waals surface area (Å²) >= 11 is 0. The molecular formula is C12H14N3O4P. The van der Waals surface area contributed by atoms with Gasteiger partial charge in [0.05, 0.1) is 14.2 Å². The molecule has 0 aliphatic heterocycles. The summed E-state index contributed by atoms with van der Waals surface area (Å²) in [6, 6.07) is 8.74. The second-order valence-corrected chi connectivity index (χ2v) is 6.06. The van der Waals surface area contributed by atoms with Crippen LogP contribution in [0, 0.1) is 0 Å². The zero-order chi connectivity index (χ0) is 14.6. The van der Waals surface area contributed by atoms with Crippen LogP contribution in [0.5, 0.6) is 12.0 Å². The van der Waals surface area contributed by atoms with Crippen LogP contribution in [0.1, 0.15) is 0 Å². The fourth-order valence-corrected chi connectivity index (χ4v) is 3.17. The van der Waals surface area contributed by atoms with Gasteiger partial charge in [-0.1, -0.05) is 18.2 Å². The van der Waals surface area contributed by atoms with Gasteiger partial charge in [-0.25, -0.2) is 0 Å². The molecule has 7 nitrogen and oxygen atoms in total. The molecule has 0 N–H and O–H groups in total. The minimum atomic E-state index is -3.41. The second kappa shape index (κ2) is 5.98. The Hall–Kier alpha value is -1.98. The number of ether oxygens (including phenoxy) is 2. The monoisotopic (exact) mass is 295 g/mol. The average Bonchev–Trinajstić information content (AvgIpc) is 2.54. The molecule has 1 aromatic carbocycles. The van der Waals surface area contributed by atoms with E-state index in [1.165, 1.54) is 21.3 Å². The van der Waals surface area contributed by atoms with Crippen LogP contribution in [0.4, 0.5) is 0 Å². The Bertz CT molecular complexity index is 614. The number of rotatable bonds is 5. The molecule has 0 bridgehead atoms. The Kier molecular flexibility index (Phi) is 4.32. The largest absolute Gasteiger partial charge is 0.467 e. The SMILES string of the molecule is COc1nc(OC)nc([P@@](=O)(OC)c2ccccc2)n1. The van der Waals surface area contributed by atoms with Crippen LogP contribution in [0.3, 0.4) is 0 Å². The van der Waals surface area contributed by atoms with Crippen molar-refractivity contribution in [3.8, 4) is 12.0 Å². The van der Waals surface area contributed by atoms with Gasteiger partial charge in [0.15, 0.2) is 0 Å². The highest BCUT2D eigenvalue weighted by Crippen LogP contribution is 2.42. The number of aromatic nitrogens is 3. The van der Waals surface area contributed by atoms with E-state index >= 15 is 0 Å². The van der Waals surface area contributed by atoms with E-state index < -0.39 is 7.37 Å². The van der Waals surface area contributed by atoms with Crippen molar-refractivity contribution >= 4 is 18.2 Å². The van der Waals surface area contributed by atoms with Crippen LogP contribution < -0.4 is 20.3 Å². The number of benzene rings is 1. The van der Waals surface area contributed by atoms with E-state index in [0.29, 0.717) is 5.30 Å². The third-order valence-corrected chi connectivity index (χ3v) is 4.78. The molecule has 8 heteroatoms. The topological polar surface area (TPSA) is 83.4 Å². The Morgan fingerprint density at radius 2 is 1.45 bits per heavy atom. The molecule has 0 amide bonds. The molecule has 0 radical (unpaired) electrons. The summed E-state index contributed by atoms with van der Waals surface area (Å²) in [7, 11) is 0.740. The maximum atomic E-state index is 13.0. The zero-order valence-corrected chi connectivity index (χ0v) is 12.2. The third kappa shape index (κ3) is 2.64. The van der Waals surface area contributed by atoms with Crippen molar-refractivity contribution in [2.24, 2.45) is 0 Å². The van der Waals surface area contributed by atoms with Crippen molar-refractivity contribution in [2.45, 2.75) is 0 Å². The van der Waals surface area contributed by atoms with E-state index in [1.54, 1.807) is 24.3 Å². The van der Waals surface area contributed by atoms with Gasteiger partial charge in [0.2, 0.25) is 5.57 Å². The third-order valence-electron chi connectivity index (χ3n) is 2.56. The van der Waals surface area contributed by atoms with E-state index in [2.05, 4.69) is 15.0 Å². The number of hydrogen-bond donors (Lipinski definition) is 0. The molecular weight excluding hydrogens is 281 g/mol. The van der Waals surface area contributed by atoms with Gasteiger partial charge in [0.1, 0.15) is 0 Å². The second-order valence-electron chi connectivity index (χ2n) is 3.68. The van der Waals surface area contributed by atoms with E-state index in [1.807, 2.05) is 6.07 Å². The van der Waals surface area contributed by atoms with E-state index in [9.17, 15) is 4.57 Å². The normalized spacial score (nSPS) is 13.6. The van der Waals surface area contributed by atoms with Crippen LogP contribution in [0.25, 0.3) is 0 Å². The molecule has 106 valence electrons. The first-order chi connectivity index (χ1) is 9.63. The van der Waals surface area contributed by atoms with Gasteiger partial charge >= 0.3 is 12.0 Å². The van der Waals surface area contributed by atoms with Gasteiger partial charge in [-0.2, -0.15) is 9.97 Å². The fourth-order valence-electron chi connectivity index (χ4n) is 1.57. The summed E-state index contributed by atoms with van der Waals surface area (Å²) in [5, 5.41) is 0.484. The van der Waals surface area contributed by atoms with Crippen LogP contribution in [-0.2, 0) is 9.09 Å². The maximum Gasteiger partial charge on any atom is 0.323 e. The van der Waals surface area contributed by atoms with Crippen molar-refractivity contribution in [2.75, 3.05) is 21.3 Å². The quantitative estimate of drug-likeness (QED) is 0.753. The molecule has 0 saturated carbocycles. The van der Waals surface area contributed by atoms with Gasteiger partial charge in [-0.05, 0) is 12.1 Å². The van der Waals surface area contributed by atoms with Gasteiger partial charge in [0, 0.05) is 12.4 Å². The zero-order valence-electron chi connectivity index (χ0n) is 11.3. The molecule has 1 aromatic heterocycles. The first-order valence-corrected chi connectivity index (χ1v) is 7.32. The first-order valence-electron chi connectivity index (χ1n) is 5.70. The summed E-state index contributed by atoms with van der Waals surface area (Å²) in [5.41, 5.74) is -0.0186. The Balaban J connectivity index is 2.60. The lowest BCUT2D eigenvalue weighted by atomic mass is 10.4. The van der Waals surface area contributed by atoms with Gasteiger partial charge < -0.3 is 14.0 Å². The van der Waals surface area contributed by atoms with E-state index in [0.717, 1.165) is 0 Å². The molecule has 0 saturated heterocycles. The van der Waals surface area contributed by atoms with Crippen LogP contribution >= 0.6 is 7.37 Å². The van der Waals surface area contributed by atoms with Gasteiger partial charge in [-0.3, -0.25) is 4.57 Å². The minimum absolute atomic E-state index is 0.0139. The van der Waals surface area contributed by atoms with Crippen molar-refractivity contribution in [3.05, 3.63) is 30.3 Å². The Morgan fingerprint density at radius 1 is 0.900 bits per heavy atom. The molecule has 0 aliphatic rings. The minimum Gasteiger partial charge on any atom is -0.467 e. The summed E-state index contributed by atoms with van der Waals surface area (Å²) < 4.78 is 28.1. The molecule has 0 spiro atoms. The van der Waals surface area contributed by atoms with Crippen molar-refractivity contribution in [1.82, 2.24) is 15.0 Å². The van der Waals surface area contributed by atoms with Crippen LogP contribution in [-0.4, -0.2) is 36.3 Å². The maximum absolute atomic E-state index is 13.0. The number of nitrogens with zero attached hydrogens (tertiary/aromatic N) is 3. The standard InChI is InChI=1S/C12H14N3O4P/c1-17-10-13-11(18-2)15-12(14-10)20(16,19-3)9-7-5-4-6-8-9/h4-8H,1-3H3/t20-/m0/s1. The van der Waals surface area contributed by atoms with Gasteiger partial charge in [-0.15, -0.1) is 4.98 Å². The van der Waals surface area contributed by atoms with Crippen LogP contribution in [0.15, 0.2) is 30.3 Å². The summed E-state index contributed by atoms with van der Waals surface area (Å²) in [6.07, 6.45) is 0. The van der Waals surface area contributed by atoms with Crippen molar-refractivity contribution in [1.29, 1.82) is 0 Å². The van der Waals surface area contributed by atoms with E-state index in [-0.39, 0.29) is 17.6 Å². The van der Waals surface area contributed by atoms with E-state index in [4.69, 9.17) is 14.0 Å². The molecule has 0 fully saturated rings. The Labute approximate surface area is 116 Å². The molecule has 2 aromatic rings.